The van der Waals surface area contributed by atoms with Crippen LogP contribution in [0.5, 0.6) is 11.5 Å². The van der Waals surface area contributed by atoms with Crippen molar-refractivity contribution in [3.63, 3.8) is 0 Å². The van der Waals surface area contributed by atoms with Crippen LogP contribution in [0.2, 0.25) is 0 Å². The smallest absolute Gasteiger partial charge is 0.240 e. The number of benzene rings is 2. The molecule has 1 aliphatic rings. The van der Waals surface area contributed by atoms with Crippen molar-refractivity contribution in [3.05, 3.63) is 48.0 Å². The van der Waals surface area contributed by atoms with E-state index in [0.29, 0.717) is 5.75 Å². The fourth-order valence-electron chi connectivity index (χ4n) is 3.34. The normalized spacial score (nSPS) is 14.7. The molecule has 0 aromatic heterocycles. The van der Waals surface area contributed by atoms with Crippen LogP contribution in [-0.4, -0.2) is 40.5 Å². The zero-order valence-electron chi connectivity index (χ0n) is 18.7. The molecule has 2 amide bonds. The fraction of sp³-hybridized carbons (Fsp3) is 0.391. The van der Waals surface area contributed by atoms with E-state index in [4.69, 9.17) is 9.47 Å². The molecule has 0 aliphatic carbocycles. The van der Waals surface area contributed by atoms with Crippen LogP contribution >= 0.6 is 0 Å². The Morgan fingerprint density at radius 2 is 1.62 bits per heavy atom. The first-order valence-corrected chi connectivity index (χ1v) is 11.8. The van der Waals surface area contributed by atoms with Gasteiger partial charge in [-0.05, 0) is 41.3 Å². The number of carbonyl (C=O) groups excluding carboxylic acids is 2. The Balaban J connectivity index is 1.66. The Bertz CT molecular complexity index is 1090. The summed E-state index contributed by atoms with van der Waals surface area (Å²) in [6.45, 7) is 6.56. The molecule has 1 aliphatic heterocycles. The molecule has 2 aromatic rings. The summed E-state index contributed by atoms with van der Waals surface area (Å²) in [7, 11) is -2.50. The molecule has 2 aromatic carbocycles. The van der Waals surface area contributed by atoms with E-state index < -0.39 is 10.0 Å². The van der Waals surface area contributed by atoms with Gasteiger partial charge in [-0.1, -0.05) is 32.9 Å². The van der Waals surface area contributed by atoms with E-state index in [0.717, 1.165) is 4.90 Å². The summed E-state index contributed by atoms with van der Waals surface area (Å²) in [6.07, 6.45) is 0.177. The van der Waals surface area contributed by atoms with Crippen LogP contribution < -0.4 is 19.1 Å². The maximum absolute atomic E-state index is 12.7. The third-order valence-corrected chi connectivity index (χ3v) is 6.59. The number of rotatable bonds is 8. The van der Waals surface area contributed by atoms with Gasteiger partial charge in [0.2, 0.25) is 21.8 Å². The number of amides is 2. The standard InChI is InChI=1S/C23H28N2O6S/c1-23(2,3)16-5-7-17(8-6-16)31-14-13-24-32(28,29)18-9-10-20(30-4)19(15-18)25-21(26)11-12-22(25)27/h5-10,15,24H,11-14H2,1-4H3. The van der Waals surface area contributed by atoms with Crippen molar-refractivity contribution in [2.45, 2.75) is 43.9 Å². The number of anilines is 1. The molecular formula is C23H28N2O6S. The van der Waals surface area contributed by atoms with E-state index >= 15 is 0 Å². The van der Waals surface area contributed by atoms with Crippen molar-refractivity contribution in [1.82, 2.24) is 4.72 Å². The summed E-state index contributed by atoms with van der Waals surface area (Å²) in [5.41, 5.74) is 1.34. The Labute approximate surface area is 188 Å². The molecular weight excluding hydrogens is 432 g/mol. The number of nitrogens with zero attached hydrogens (tertiary/aromatic N) is 1. The topological polar surface area (TPSA) is 102 Å². The van der Waals surface area contributed by atoms with Crippen molar-refractivity contribution in [2.75, 3.05) is 25.2 Å². The summed E-state index contributed by atoms with van der Waals surface area (Å²) in [6, 6.07) is 11.7. The van der Waals surface area contributed by atoms with E-state index in [1.165, 1.54) is 30.9 Å². The molecule has 9 heteroatoms. The Kier molecular flexibility index (Phi) is 6.90. The number of carbonyl (C=O) groups is 2. The molecule has 0 atom stereocenters. The van der Waals surface area contributed by atoms with Gasteiger partial charge >= 0.3 is 0 Å². The lowest BCUT2D eigenvalue weighted by Gasteiger charge is -2.19. The maximum atomic E-state index is 12.7. The first-order valence-electron chi connectivity index (χ1n) is 10.3. The predicted molar refractivity (Wildman–Crippen MR) is 121 cm³/mol. The van der Waals surface area contributed by atoms with E-state index in [9.17, 15) is 18.0 Å². The Morgan fingerprint density at radius 3 is 2.19 bits per heavy atom. The number of imide groups is 1. The SMILES string of the molecule is COc1ccc(S(=O)(=O)NCCOc2ccc(C(C)(C)C)cc2)cc1N1C(=O)CCC1=O. The first kappa shape index (κ1) is 23.7. The summed E-state index contributed by atoms with van der Waals surface area (Å²) in [5.74, 6) is 0.118. The number of ether oxygens (including phenoxy) is 2. The fourth-order valence-corrected chi connectivity index (χ4v) is 4.37. The van der Waals surface area contributed by atoms with Gasteiger partial charge in [0.15, 0.2) is 0 Å². The van der Waals surface area contributed by atoms with Crippen molar-refractivity contribution in [3.8, 4) is 11.5 Å². The van der Waals surface area contributed by atoms with Gasteiger partial charge in [0, 0.05) is 19.4 Å². The molecule has 1 saturated heterocycles. The summed E-state index contributed by atoms with van der Waals surface area (Å²) >= 11 is 0. The number of hydrogen-bond donors (Lipinski definition) is 1. The largest absolute Gasteiger partial charge is 0.495 e. The highest BCUT2D eigenvalue weighted by Gasteiger charge is 2.33. The van der Waals surface area contributed by atoms with Gasteiger partial charge in [0.25, 0.3) is 0 Å². The molecule has 1 fully saturated rings. The first-order chi connectivity index (χ1) is 15.0. The summed E-state index contributed by atoms with van der Waals surface area (Å²) in [4.78, 5) is 25.1. The van der Waals surface area contributed by atoms with Crippen molar-refractivity contribution in [2.24, 2.45) is 0 Å². The van der Waals surface area contributed by atoms with Gasteiger partial charge < -0.3 is 9.47 Å². The second-order valence-electron chi connectivity index (χ2n) is 8.48. The molecule has 8 nitrogen and oxygen atoms in total. The molecule has 3 rings (SSSR count). The summed E-state index contributed by atoms with van der Waals surface area (Å²) in [5, 5.41) is 0. The molecule has 0 saturated carbocycles. The minimum absolute atomic E-state index is 0.0374. The minimum atomic E-state index is -3.89. The van der Waals surface area contributed by atoms with Gasteiger partial charge in [-0.2, -0.15) is 0 Å². The number of sulfonamides is 1. The average Bonchev–Trinajstić information content (AvgIpc) is 3.08. The zero-order chi connectivity index (χ0) is 23.5. The number of nitrogens with one attached hydrogen (secondary N) is 1. The third-order valence-electron chi connectivity index (χ3n) is 5.14. The minimum Gasteiger partial charge on any atom is -0.495 e. The monoisotopic (exact) mass is 460 g/mol. The third kappa shape index (κ3) is 5.28. The molecule has 32 heavy (non-hydrogen) atoms. The van der Waals surface area contributed by atoms with Crippen LogP contribution in [0.25, 0.3) is 0 Å². The van der Waals surface area contributed by atoms with Crippen LogP contribution in [0.4, 0.5) is 5.69 Å². The second kappa shape index (κ2) is 9.30. The maximum Gasteiger partial charge on any atom is 0.240 e. The molecule has 1 N–H and O–H groups in total. The van der Waals surface area contributed by atoms with E-state index in [1.54, 1.807) is 0 Å². The summed E-state index contributed by atoms with van der Waals surface area (Å²) < 4.78 is 38.8. The van der Waals surface area contributed by atoms with Gasteiger partial charge in [-0.15, -0.1) is 0 Å². The van der Waals surface area contributed by atoms with Crippen LogP contribution in [0.3, 0.4) is 0 Å². The lowest BCUT2D eigenvalue weighted by Crippen LogP contribution is -2.30. The second-order valence-corrected chi connectivity index (χ2v) is 10.2. The van der Waals surface area contributed by atoms with Crippen LogP contribution in [0.15, 0.2) is 47.4 Å². The van der Waals surface area contributed by atoms with E-state index in [-0.39, 0.29) is 59.6 Å². The predicted octanol–water partition coefficient (Wildman–Crippen LogP) is 3.00. The molecule has 0 bridgehead atoms. The Morgan fingerprint density at radius 1 is 1.00 bits per heavy atom. The van der Waals surface area contributed by atoms with Crippen LogP contribution in [0.1, 0.15) is 39.2 Å². The highest BCUT2D eigenvalue weighted by Crippen LogP contribution is 2.34. The number of methoxy groups -OCH3 is 1. The number of hydrogen-bond acceptors (Lipinski definition) is 6. The molecule has 0 spiro atoms. The van der Waals surface area contributed by atoms with Gasteiger partial charge in [-0.25, -0.2) is 18.0 Å². The Hall–Kier alpha value is -2.91. The van der Waals surface area contributed by atoms with E-state index in [2.05, 4.69) is 25.5 Å². The van der Waals surface area contributed by atoms with Crippen molar-refractivity contribution >= 4 is 27.5 Å². The van der Waals surface area contributed by atoms with Gasteiger partial charge in [0.05, 0.1) is 17.7 Å². The highest BCUT2D eigenvalue weighted by atomic mass is 32.2. The zero-order valence-corrected chi connectivity index (χ0v) is 19.5. The van der Waals surface area contributed by atoms with Gasteiger partial charge in [-0.3, -0.25) is 9.59 Å². The molecule has 0 radical (unpaired) electrons. The van der Waals surface area contributed by atoms with Crippen molar-refractivity contribution in [1.29, 1.82) is 0 Å². The average molecular weight is 461 g/mol. The molecule has 1 heterocycles. The lowest BCUT2D eigenvalue weighted by molar-refractivity contribution is -0.121. The van der Waals surface area contributed by atoms with Crippen LogP contribution in [0, 0.1) is 0 Å². The van der Waals surface area contributed by atoms with Gasteiger partial charge in [0.1, 0.15) is 18.1 Å². The highest BCUT2D eigenvalue weighted by molar-refractivity contribution is 7.89. The van der Waals surface area contributed by atoms with Crippen molar-refractivity contribution < 1.29 is 27.5 Å². The van der Waals surface area contributed by atoms with Crippen LogP contribution in [-0.2, 0) is 25.0 Å². The quantitative estimate of drug-likeness (QED) is 0.480. The molecule has 0 unspecified atom stereocenters. The van der Waals surface area contributed by atoms with E-state index in [1.807, 2.05) is 24.3 Å². The molecule has 172 valence electrons. The lowest BCUT2D eigenvalue weighted by atomic mass is 9.87.